The molecule has 1 N–H and O–H groups in total. The Morgan fingerprint density at radius 2 is 2.00 bits per heavy atom. The number of aliphatic imine (C=N–C) groups is 1. The van der Waals surface area contributed by atoms with Crippen LogP contribution in [-0.4, -0.2) is 24.2 Å². The summed E-state index contributed by atoms with van der Waals surface area (Å²) < 4.78 is 12.2. The number of halogens is 2. The minimum absolute atomic E-state index is 0.223. The number of nitrogens with one attached hydrogen (secondary N) is 1. The second-order valence-corrected chi connectivity index (χ2v) is 8.69. The van der Waals surface area contributed by atoms with Crippen molar-refractivity contribution >= 4 is 79.1 Å². The number of nitrogens with zero attached hydrogens (tertiary/aromatic N) is 1. The normalized spacial score (nSPS) is 16.4. The van der Waals surface area contributed by atoms with Gasteiger partial charge in [-0.3, -0.25) is 9.59 Å². The van der Waals surface area contributed by atoms with Crippen LogP contribution in [0.2, 0.25) is 0 Å². The molecule has 1 aliphatic heterocycles. The number of amidine groups is 1. The molecule has 1 amide bonds. The zero-order valence-corrected chi connectivity index (χ0v) is 19.3. The number of esters is 1. The van der Waals surface area contributed by atoms with Crippen molar-refractivity contribution < 1.29 is 19.1 Å². The maximum absolute atomic E-state index is 12.3. The Balaban J connectivity index is 1.87. The molecule has 144 valence electrons. The zero-order chi connectivity index (χ0) is 20.3. The summed E-state index contributed by atoms with van der Waals surface area (Å²) >= 11 is 6.70. The molecule has 0 aliphatic carbocycles. The number of carbonyl (C=O) groups excluding carboxylic acids is 2. The van der Waals surface area contributed by atoms with Crippen molar-refractivity contribution in [3.8, 4) is 11.5 Å². The lowest BCUT2D eigenvalue weighted by molar-refractivity contribution is -0.132. The number of rotatable bonds is 4. The third-order valence-electron chi connectivity index (χ3n) is 3.50. The molecule has 1 fully saturated rings. The van der Waals surface area contributed by atoms with Gasteiger partial charge in [0.2, 0.25) is 0 Å². The Kier molecular flexibility index (Phi) is 6.78. The van der Waals surface area contributed by atoms with Crippen molar-refractivity contribution in [3.63, 3.8) is 0 Å². The maximum atomic E-state index is 12.3. The molecule has 0 atom stereocenters. The first-order valence-electron chi connectivity index (χ1n) is 7.97. The van der Waals surface area contributed by atoms with E-state index in [0.717, 1.165) is 15.7 Å². The maximum Gasteiger partial charge on any atom is 0.308 e. The van der Waals surface area contributed by atoms with Crippen molar-refractivity contribution in [2.45, 2.75) is 6.92 Å². The average molecular weight is 573 g/mol. The predicted octanol–water partition coefficient (Wildman–Crippen LogP) is 4.88. The number of thioether (sulfide) groups is 1. The van der Waals surface area contributed by atoms with Crippen LogP contribution in [0.5, 0.6) is 11.5 Å². The number of methoxy groups -OCH3 is 1. The molecule has 1 saturated heterocycles. The van der Waals surface area contributed by atoms with Crippen LogP contribution in [0.25, 0.3) is 6.08 Å². The average Bonchev–Trinajstić information content (AvgIpc) is 2.97. The minimum Gasteiger partial charge on any atom is -0.493 e. The number of ether oxygens (including phenoxy) is 2. The largest absolute Gasteiger partial charge is 0.493 e. The van der Waals surface area contributed by atoms with Gasteiger partial charge in [0.15, 0.2) is 16.7 Å². The van der Waals surface area contributed by atoms with E-state index in [9.17, 15) is 9.59 Å². The van der Waals surface area contributed by atoms with Crippen LogP contribution in [0.3, 0.4) is 0 Å². The molecule has 28 heavy (non-hydrogen) atoms. The second kappa shape index (κ2) is 9.10. The molecule has 2 aromatic rings. The summed E-state index contributed by atoms with van der Waals surface area (Å²) in [5.41, 5.74) is 1.49. The highest BCUT2D eigenvalue weighted by molar-refractivity contribution is 14.1. The molecule has 0 radical (unpaired) electrons. The van der Waals surface area contributed by atoms with E-state index in [1.54, 1.807) is 12.1 Å². The summed E-state index contributed by atoms with van der Waals surface area (Å²) in [7, 11) is 1.50. The Labute approximate surface area is 188 Å². The van der Waals surface area contributed by atoms with E-state index in [-0.39, 0.29) is 5.91 Å². The topological polar surface area (TPSA) is 77.0 Å². The minimum atomic E-state index is -0.429. The SMILES string of the molecule is COc1cc(/C=C2\SC(=Nc3ccc(Br)cc3)NC2=O)cc(I)c1OC(C)=O. The van der Waals surface area contributed by atoms with Gasteiger partial charge < -0.3 is 14.8 Å². The van der Waals surface area contributed by atoms with Crippen LogP contribution in [0, 0.1) is 3.57 Å². The Morgan fingerprint density at radius 1 is 1.29 bits per heavy atom. The molecular formula is C19H14BrIN2O4S. The van der Waals surface area contributed by atoms with Crippen LogP contribution in [0.4, 0.5) is 5.69 Å². The fourth-order valence-corrected chi connectivity index (χ4v) is 4.17. The highest BCUT2D eigenvalue weighted by Gasteiger charge is 2.24. The molecule has 0 saturated carbocycles. The molecular weight excluding hydrogens is 559 g/mol. The van der Waals surface area contributed by atoms with Gasteiger partial charge in [0, 0.05) is 11.4 Å². The molecule has 0 aromatic heterocycles. The quantitative estimate of drug-likeness (QED) is 0.245. The summed E-state index contributed by atoms with van der Waals surface area (Å²) in [5, 5.41) is 3.27. The molecule has 1 heterocycles. The van der Waals surface area contributed by atoms with Gasteiger partial charge in [-0.15, -0.1) is 0 Å². The van der Waals surface area contributed by atoms with Crippen LogP contribution >= 0.6 is 50.3 Å². The van der Waals surface area contributed by atoms with Crippen LogP contribution in [-0.2, 0) is 9.59 Å². The number of hydrogen-bond acceptors (Lipinski definition) is 6. The van der Waals surface area contributed by atoms with E-state index in [1.807, 2.05) is 30.3 Å². The highest BCUT2D eigenvalue weighted by atomic mass is 127. The lowest BCUT2D eigenvalue weighted by Crippen LogP contribution is -2.19. The van der Waals surface area contributed by atoms with Gasteiger partial charge in [-0.05, 0) is 82.4 Å². The summed E-state index contributed by atoms with van der Waals surface area (Å²) in [6.45, 7) is 1.33. The van der Waals surface area contributed by atoms with E-state index in [0.29, 0.717) is 25.1 Å². The Morgan fingerprint density at radius 3 is 2.64 bits per heavy atom. The molecule has 0 spiro atoms. The summed E-state index contributed by atoms with van der Waals surface area (Å²) in [4.78, 5) is 28.5. The fourth-order valence-electron chi connectivity index (χ4n) is 2.33. The monoisotopic (exact) mass is 572 g/mol. The molecule has 9 heteroatoms. The third-order valence-corrected chi connectivity index (χ3v) is 5.74. The number of hydrogen-bond donors (Lipinski definition) is 1. The molecule has 0 unspecified atom stereocenters. The first-order valence-corrected chi connectivity index (χ1v) is 10.7. The van der Waals surface area contributed by atoms with Crippen molar-refractivity contribution in [1.29, 1.82) is 0 Å². The second-order valence-electron chi connectivity index (χ2n) is 5.59. The molecule has 3 rings (SSSR count). The molecule has 2 aromatic carbocycles. The lowest BCUT2D eigenvalue weighted by Gasteiger charge is -2.11. The number of amides is 1. The Hall–Kier alpha value is -1.85. The summed E-state index contributed by atoms with van der Waals surface area (Å²) in [5.74, 6) is 0.126. The molecule has 6 nitrogen and oxygen atoms in total. The highest BCUT2D eigenvalue weighted by Crippen LogP contribution is 2.36. The van der Waals surface area contributed by atoms with Gasteiger partial charge in [0.05, 0.1) is 21.3 Å². The van der Waals surface area contributed by atoms with E-state index in [4.69, 9.17) is 9.47 Å². The smallest absolute Gasteiger partial charge is 0.308 e. The number of carbonyl (C=O) groups is 2. The predicted molar refractivity (Wildman–Crippen MR) is 122 cm³/mol. The number of benzene rings is 2. The third kappa shape index (κ3) is 5.15. The van der Waals surface area contributed by atoms with Crippen LogP contribution in [0.1, 0.15) is 12.5 Å². The van der Waals surface area contributed by atoms with Crippen molar-refractivity contribution in [1.82, 2.24) is 5.32 Å². The summed E-state index contributed by atoms with van der Waals surface area (Å²) in [6.07, 6.45) is 1.74. The molecule has 1 aliphatic rings. The zero-order valence-electron chi connectivity index (χ0n) is 14.8. The standard InChI is InChI=1S/C19H14BrIN2O4S/c1-10(24)27-17-14(21)7-11(8-15(17)26-2)9-16-18(25)23-19(28-16)22-13-5-3-12(20)4-6-13/h3-9H,1-2H3,(H,22,23,25)/b16-9-. The first kappa shape index (κ1) is 20.9. The van der Waals surface area contributed by atoms with Gasteiger partial charge >= 0.3 is 5.97 Å². The summed E-state index contributed by atoms with van der Waals surface area (Å²) in [6, 6.07) is 11.0. The van der Waals surface area contributed by atoms with E-state index < -0.39 is 5.97 Å². The Bertz CT molecular complexity index is 1010. The fraction of sp³-hybridized carbons (Fsp3) is 0.105. The first-order chi connectivity index (χ1) is 13.4. The van der Waals surface area contributed by atoms with Gasteiger partial charge in [0.1, 0.15) is 0 Å². The van der Waals surface area contributed by atoms with Crippen molar-refractivity contribution in [3.05, 3.63) is 54.9 Å². The van der Waals surface area contributed by atoms with E-state index in [1.165, 1.54) is 25.8 Å². The lowest BCUT2D eigenvalue weighted by atomic mass is 10.2. The molecule has 0 bridgehead atoms. The van der Waals surface area contributed by atoms with Crippen LogP contribution in [0.15, 0.2) is 50.8 Å². The van der Waals surface area contributed by atoms with Crippen molar-refractivity contribution in [2.75, 3.05) is 7.11 Å². The van der Waals surface area contributed by atoms with Gasteiger partial charge in [-0.1, -0.05) is 15.9 Å². The van der Waals surface area contributed by atoms with E-state index in [2.05, 4.69) is 48.8 Å². The van der Waals surface area contributed by atoms with E-state index >= 15 is 0 Å². The van der Waals surface area contributed by atoms with Crippen LogP contribution < -0.4 is 14.8 Å². The van der Waals surface area contributed by atoms with Gasteiger partial charge in [-0.2, -0.15) is 0 Å². The van der Waals surface area contributed by atoms with Gasteiger partial charge in [-0.25, -0.2) is 4.99 Å². The van der Waals surface area contributed by atoms with Gasteiger partial charge in [0.25, 0.3) is 5.91 Å². The van der Waals surface area contributed by atoms with Crippen molar-refractivity contribution in [2.24, 2.45) is 4.99 Å².